The van der Waals surface area contributed by atoms with Gasteiger partial charge in [0.05, 0.1) is 5.54 Å². The molecular formula is C13H20FN3. The van der Waals surface area contributed by atoms with Crippen LogP contribution in [0.15, 0.2) is 24.3 Å². The van der Waals surface area contributed by atoms with Gasteiger partial charge in [0.25, 0.3) is 0 Å². The minimum absolute atomic E-state index is 0.113. The van der Waals surface area contributed by atoms with Crippen molar-refractivity contribution in [2.24, 2.45) is 5.73 Å². The lowest BCUT2D eigenvalue weighted by Gasteiger charge is -2.41. The summed E-state index contributed by atoms with van der Waals surface area (Å²) in [6.07, 6.45) is 1.92. The molecule has 17 heavy (non-hydrogen) atoms. The maximum atomic E-state index is 13.1. The van der Waals surface area contributed by atoms with E-state index in [1.807, 2.05) is 6.07 Å². The fraction of sp³-hybridized carbons (Fsp3) is 0.538. The predicted molar refractivity (Wildman–Crippen MR) is 68.5 cm³/mol. The molecule has 0 aromatic heterocycles. The summed E-state index contributed by atoms with van der Waals surface area (Å²) in [6.45, 7) is 3.66. The molecule has 4 N–H and O–H groups in total. The minimum atomic E-state index is -0.218. The summed E-state index contributed by atoms with van der Waals surface area (Å²) in [7, 11) is 0. The van der Waals surface area contributed by atoms with Crippen LogP contribution in [0.3, 0.4) is 0 Å². The molecule has 94 valence electrons. The zero-order valence-corrected chi connectivity index (χ0v) is 10.2. The van der Waals surface area contributed by atoms with Crippen molar-refractivity contribution < 1.29 is 4.39 Å². The van der Waals surface area contributed by atoms with Gasteiger partial charge >= 0.3 is 0 Å². The minimum Gasteiger partial charge on any atom is -0.378 e. The molecule has 1 heterocycles. The van der Waals surface area contributed by atoms with Gasteiger partial charge < -0.3 is 16.4 Å². The van der Waals surface area contributed by atoms with Gasteiger partial charge in [0.15, 0.2) is 0 Å². The number of halogens is 1. The van der Waals surface area contributed by atoms with Crippen molar-refractivity contribution in [2.75, 3.05) is 18.4 Å². The smallest absolute Gasteiger partial charge is 0.125 e. The molecule has 0 saturated carbocycles. The highest BCUT2D eigenvalue weighted by molar-refractivity contribution is 5.46. The second-order valence-corrected chi connectivity index (χ2v) is 4.93. The first-order valence-corrected chi connectivity index (χ1v) is 6.11. The maximum Gasteiger partial charge on any atom is 0.125 e. The molecule has 3 nitrogen and oxygen atoms in total. The van der Waals surface area contributed by atoms with Gasteiger partial charge in [-0.05, 0) is 44.5 Å². The second kappa shape index (κ2) is 5.02. The summed E-state index contributed by atoms with van der Waals surface area (Å²) in [5, 5.41) is 6.81. The van der Waals surface area contributed by atoms with Crippen LogP contribution in [0.2, 0.25) is 0 Å². The Kier molecular flexibility index (Phi) is 3.64. The highest BCUT2D eigenvalue weighted by Crippen LogP contribution is 2.26. The van der Waals surface area contributed by atoms with Crippen LogP contribution in [0, 0.1) is 5.82 Å². The molecule has 0 bridgehead atoms. The highest BCUT2D eigenvalue weighted by atomic mass is 19.1. The number of benzene rings is 1. The van der Waals surface area contributed by atoms with Crippen molar-refractivity contribution >= 4 is 5.69 Å². The van der Waals surface area contributed by atoms with Crippen LogP contribution in [0.25, 0.3) is 0 Å². The van der Waals surface area contributed by atoms with Crippen LogP contribution in [0.5, 0.6) is 0 Å². The monoisotopic (exact) mass is 237 g/mol. The van der Waals surface area contributed by atoms with Crippen molar-refractivity contribution in [3.8, 4) is 0 Å². The van der Waals surface area contributed by atoms with Crippen LogP contribution in [-0.2, 0) is 0 Å². The van der Waals surface area contributed by atoms with Gasteiger partial charge in [0.1, 0.15) is 5.82 Å². The standard InChI is InChI=1S/C13H20FN3/c1-10-8-13(9-15,5-6-16-10)17-12-4-2-3-11(14)7-12/h2-4,7,10,16-17H,5-6,8-9,15H2,1H3/t10-,13+/m0/s1. The molecule has 1 aliphatic rings. The van der Waals surface area contributed by atoms with E-state index in [-0.39, 0.29) is 11.4 Å². The number of hydrogen-bond acceptors (Lipinski definition) is 3. The summed E-state index contributed by atoms with van der Waals surface area (Å²) < 4.78 is 13.1. The van der Waals surface area contributed by atoms with E-state index in [9.17, 15) is 4.39 Å². The molecule has 0 radical (unpaired) electrons. The summed E-state index contributed by atoms with van der Waals surface area (Å²) in [6, 6.07) is 7.00. The van der Waals surface area contributed by atoms with Crippen LogP contribution < -0.4 is 16.4 Å². The van der Waals surface area contributed by atoms with Crippen LogP contribution in [0.4, 0.5) is 10.1 Å². The average Bonchev–Trinajstić information content (AvgIpc) is 2.29. The molecule has 4 heteroatoms. The fourth-order valence-electron chi connectivity index (χ4n) is 2.54. The molecule has 1 aromatic carbocycles. The van der Waals surface area contributed by atoms with Gasteiger partial charge in [0, 0.05) is 18.3 Å². The Morgan fingerprint density at radius 2 is 2.41 bits per heavy atom. The van der Waals surface area contributed by atoms with Gasteiger partial charge in [-0.1, -0.05) is 6.07 Å². The molecule has 2 atom stereocenters. The zero-order chi connectivity index (χ0) is 12.3. The lowest BCUT2D eigenvalue weighted by molar-refractivity contribution is 0.294. The first kappa shape index (κ1) is 12.3. The Morgan fingerprint density at radius 1 is 1.59 bits per heavy atom. The summed E-state index contributed by atoms with van der Waals surface area (Å²) in [5.41, 5.74) is 6.60. The highest BCUT2D eigenvalue weighted by Gasteiger charge is 2.33. The molecule has 0 amide bonds. The molecule has 1 aliphatic heterocycles. The first-order valence-electron chi connectivity index (χ1n) is 6.11. The maximum absolute atomic E-state index is 13.1. The number of nitrogens with two attached hydrogens (primary N) is 1. The molecule has 1 aromatic rings. The molecule has 0 aliphatic carbocycles. The Hall–Kier alpha value is -1.13. The largest absolute Gasteiger partial charge is 0.378 e. The lowest BCUT2D eigenvalue weighted by Crippen LogP contribution is -2.55. The topological polar surface area (TPSA) is 50.1 Å². The van der Waals surface area contributed by atoms with Crippen molar-refractivity contribution in [3.05, 3.63) is 30.1 Å². The third kappa shape index (κ3) is 2.96. The van der Waals surface area contributed by atoms with E-state index in [0.29, 0.717) is 12.6 Å². The van der Waals surface area contributed by atoms with E-state index in [2.05, 4.69) is 17.6 Å². The molecule has 1 fully saturated rings. The second-order valence-electron chi connectivity index (χ2n) is 4.93. The average molecular weight is 237 g/mol. The summed E-state index contributed by atoms with van der Waals surface area (Å²) in [5.74, 6) is -0.218. The van der Waals surface area contributed by atoms with Crippen LogP contribution in [-0.4, -0.2) is 24.7 Å². The summed E-state index contributed by atoms with van der Waals surface area (Å²) in [4.78, 5) is 0. The normalized spacial score (nSPS) is 29.0. The number of nitrogens with one attached hydrogen (secondary N) is 2. The number of hydrogen-bond donors (Lipinski definition) is 3. The molecule has 2 rings (SSSR count). The van der Waals surface area contributed by atoms with Crippen molar-refractivity contribution in [1.82, 2.24) is 5.32 Å². The van der Waals surface area contributed by atoms with Gasteiger partial charge in [-0.2, -0.15) is 0 Å². The quantitative estimate of drug-likeness (QED) is 0.750. The molecule has 0 spiro atoms. The SMILES string of the molecule is C[C@H]1C[C@](CN)(Nc2cccc(F)c2)CCN1. The van der Waals surface area contributed by atoms with E-state index >= 15 is 0 Å². The van der Waals surface area contributed by atoms with E-state index < -0.39 is 0 Å². The third-order valence-corrected chi connectivity index (χ3v) is 3.42. The fourth-order valence-corrected chi connectivity index (χ4v) is 2.54. The number of anilines is 1. The lowest BCUT2D eigenvalue weighted by atomic mass is 9.84. The molecular weight excluding hydrogens is 217 g/mol. The molecule has 0 unspecified atom stereocenters. The van der Waals surface area contributed by atoms with Crippen molar-refractivity contribution in [3.63, 3.8) is 0 Å². The van der Waals surface area contributed by atoms with Gasteiger partial charge in [-0.15, -0.1) is 0 Å². The molecule has 1 saturated heterocycles. The van der Waals surface area contributed by atoms with Gasteiger partial charge in [0.2, 0.25) is 0 Å². The Labute approximate surface area is 102 Å². The van der Waals surface area contributed by atoms with Crippen LogP contribution >= 0.6 is 0 Å². The van der Waals surface area contributed by atoms with E-state index in [4.69, 9.17) is 5.73 Å². The first-order chi connectivity index (χ1) is 8.13. The summed E-state index contributed by atoms with van der Waals surface area (Å²) >= 11 is 0. The Morgan fingerprint density at radius 3 is 3.06 bits per heavy atom. The number of rotatable bonds is 3. The predicted octanol–water partition coefficient (Wildman–Crippen LogP) is 1.71. The zero-order valence-electron chi connectivity index (χ0n) is 10.2. The van der Waals surface area contributed by atoms with Crippen LogP contribution in [0.1, 0.15) is 19.8 Å². The van der Waals surface area contributed by atoms with E-state index in [1.54, 1.807) is 6.07 Å². The van der Waals surface area contributed by atoms with Crippen molar-refractivity contribution in [2.45, 2.75) is 31.3 Å². The van der Waals surface area contributed by atoms with Crippen molar-refractivity contribution in [1.29, 1.82) is 0 Å². The van der Waals surface area contributed by atoms with E-state index in [1.165, 1.54) is 12.1 Å². The van der Waals surface area contributed by atoms with Gasteiger partial charge in [-0.25, -0.2) is 4.39 Å². The Balaban J connectivity index is 2.13. The van der Waals surface area contributed by atoms with E-state index in [0.717, 1.165) is 25.1 Å². The third-order valence-electron chi connectivity index (χ3n) is 3.42. The van der Waals surface area contributed by atoms with Gasteiger partial charge in [-0.3, -0.25) is 0 Å². The Bertz CT molecular complexity index is 383. The number of piperidine rings is 1.